The van der Waals surface area contributed by atoms with E-state index >= 15 is 0 Å². The van der Waals surface area contributed by atoms with Crippen molar-refractivity contribution in [2.75, 3.05) is 72.5 Å². The van der Waals surface area contributed by atoms with Crippen molar-refractivity contribution in [3.8, 4) is 0 Å². The first-order valence-corrected chi connectivity index (χ1v) is 10.8. The highest BCUT2D eigenvalue weighted by Crippen LogP contribution is 2.14. The first-order chi connectivity index (χ1) is 13.1. The molecule has 2 aliphatic rings. The molecule has 2 saturated heterocycles. The third kappa shape index (κ3) is 6.35. The first kappa shape index (κ1) is 22.0. The number of likely N-dealkylation sites (N-methyl/N-ethyl adjacent to an activating group) is 1. The second kappa shape index (κ2) is 11.5. The monoisotopic (exact) mass is 380 g/mol. The average Bonchev–Trinajstić information content (AvgIpc) is 3.24. The number of hydrogen-bond donors (Lipinski definition) is 1. The van der Waals surface area contributed by atoms with Gasteiger partial charge in [-0.3, -0.25) is 14.7 Å². The molecule has 0 aromatic carbocycles. The van der Waals surface area contributed by atoms with E-state index in [0.717, 1.165) is 84.2 Å². The Morgan fingerprint density at radius 3 is 2.26 bits per heavy atom. The molecule has 7 heteroatoms. The van der Waals surface area contributed by atoms with Crippen molar-refractivity contribution < 1.29 is 4.79 Å². The SMILES string of the molecule is CCCN(CC)CCNC(=NC)N1CCN(C(C)C(=O)N2CCCC2)CC1. The molecule has 1 N–H and O–H groups in total. The highest BCUT2D eigenvalue weighted by atomic mass is 16.2. The van der Waals surface area contributed by atoms with Gasteiger partial charge >= 0.3 is 0 Å². The Kier molecular flexibility index (Phi) is 9.34. The predicted molar refractivity (Wildman–Crippen MR) is 112 cm³/mol. The fourth-order valence-corrected chi connectivity index (χ4v) is 4.08. The van der Waals surface area contributed by atoms with Gasteiger partial charge in [0, 0.05) is 59.4 Å². The van der Waals surface area contributed by atoms with Crippen molar-refractivity contribution in [1.29, 1.82) is 0 Å². The first-order valence-electron chi connectivity index (χ1n) is 10.8. The number of amides is 1. The number of guanidine groups is 1. The zero-order chi connectivity index (χ0) is 19.6. The number of piperazine rings is 1. The van der Waals surface area contributed by atoms with Gasteiger partial charge in [-0.2, -0.15) is 0 Å². The van der Waals surface area contributed by atoms with E-state index in [1.165, 1.54) is 6.42 Å². The number of aliphatic imine (C=N–C) groups is 1. The van der Waals surface area contributed by atoms with Gasteiger partial charge in [-0.15, -0.1) is 0 Å². The Morgan fingerprint density at radius 1 is 1.04 bits per heavy atom. The van der Waals surface area contributed by atoms with Gasteiger partial charge in [-0.25, -0.2) is 0 Å². The van der Waals surface area contributed by atoms with E-state index in [0.29, 0.717) is 5.91 Å². The number of likely N-dealkylation sites (tertiary alicyclic amines) is 1. The number of nitrogens with one attached hydrogen (secondary N) is 1. The molecule has 0 spiro atoms. The molecule has 0 radical (unpaired) electrons. The van der Waals surface area contributed by atoms with Crippen LogP contribution in [0.5, 0.6) is 0 Å². The number of nitrogens with zero attached hydrogens (tertiary/aromatic N) is 5. The van der Waals surface area contributed by atoms with Crippen LogP contribution in [0.1, 0.15) is 40.0 Å². The Morgan fingerprint density at radius 2 is 1.70 bits per heavy atom. The van der Waals surface area contributed by atoms with Crippen molar-refractivity contribution in [1.82, 2.24) is 24.9 Å². The fourth-order valence-electron chi connectivity index (χ4n) is 4.08. The lowest BCUT2D eigenvalue weighted by atomic mass is 10.2. The zero-order valence-corrected chi connectivity index (χ0v) is 17.9. The quantitative estimate of drug-likeness (QED) is 0.501. The smallest absolute Gasteiger partial charge is 0.239 e. The van der Waals surface area contributed by atoms with E-state index in [-0.39, 0.29) is 6.04 Å². The van der Waals surface area contributed by atoms with Gasteiger partial charge in [0.05, 0.1) is 6.04 Å². The summed E-state index contributed by atoms with van der Waals surface area (Å²) in [6.07, 6.45) is 3.50. The van der Waals surface area contributed by atoms with Crippen LogP contribution in [-0.4, -0.2) is 110 Å². The lowest BCUT2D eigenvalue weighted by molar-refractivity contribution is -0.135. The molecule has 0 aliphatic carbocycles. The Hall–Kier alpha value is -1.34. The minimum absolute atomic E-state index is 0.00705. The van der Waals surface area contributed by atoms with Crippen LogP contribution in [0, 0.1) is 0 Å². The average molecular weight is 381 g/mol. The summed E-state index contributed by atoms with van der Waals surface area (Å²) in [7, 11) is 1.86. The van der Waals surface area contributed by atoms with Gasteiger partial charge in [0.15, 0.2) is 5.96 Å². The molecule has 0 aromatic heterocycles. The van der Waals surface area contributed by atoms with Crippen LogP contribution >= 0.6 is 0 Å². The van der Waals surface area contributed by atoms with Crippen molar-refractivity contribution in [3.05, 3.63) is 0 Å². The largest absolute Gasteiger partial charge is 0.355 e. The normalized spacial score (nSPS) is 20.4. The molecule has 2 aliphatic heterocycles. The summed E-state index contributed by atoms with van der Waals surface area (Å²) in [5.74, 6) is 1.29. The molecule has 156 valence electrons. The standard InChI is InChI=1S/C20H40N6O/c1-5-10-23(6-2)13-9-22-20(21-4)26-16-14-24(15-17-26)18(3)19(27)25-11-7-8-12-25/h18H,5-17H2,1-4H3,(H,21,22). The number of carbonyl (C=O) groups is 1. The van der Waals surface area contributed by atoms with Gasteiger partial charge in [0.25, 0.3) is 0 Å². The van der Waals surface area contributed by atoms with E-state index in [2.05, 4.69) is 45.8 Å². The van der Waals surface area contributed by atoms with Crippen LogP contribution in [0.3, 0.4) is 0 Å². The van der Waals surface area contributed by atoms with E-state index < -0.39 is 0 Å². The van der Waals surface area contributed by atoms with E-state index in [4.69, 9.17) is 0 Å². The molecule has 0 bridgehead atoms. The van der Waals surface area contributed by atoms with Crippen molar-refractivity contribution >= 4 is 11.9 Å². The number of carbonyl (C=O) groups excluding carboxylic acids is 1. The van der Waals surface area contributed by atoms with Crippen LogP contribution < -0.4 is 5.32 Å². The fraction of sp³-hybridized carbons (Fsp3) is 0.900. The van der Waals surface area contributed by atoms with E-state index in [1.54, 1.807) is 0 Å². The molecule has 0 aromatic rings. The Labute approximate surface area is 165 Å². The second-order valence-corrected chi connectivity index (χ2v) is 7.64. The van der Waals surface area contributed by atoms with Crippen molar-refractivity contribution in [2.24, 2.45) is 4.99 Å². The van der Waals surface area contributed by atoms with E-state index in [9.17, 15) is 4.79 Å². The highest BCUT2D eigenvalue weighted by molar-refractivity contribution is 5.82. The summed E-state index contributed by atoms with van der Waals surface area (Å²) in [5.41, 5.74) is 0. The van der Waals surface area contributed by atoms with Crippen LogP contribution in [-0.2, 0) is 4.79 Å². The molecule has 2 heterocycles. The highest BCUT2D eigenvalue weighted by Gasteiger charge is 2.30. The molecule has 27 heavy (non-hydrogen) atoms. The molecular formula is C20H40N6O. The summed E-state index contributed by atoms with van der Waals surface area (Å²) in [4.78, 5) is 26.2. The van der Waals surface area contributed by atoms with Gasteiger partial charge < -0.3 is 20.0 Å². The summed E-state index contributed by atoms with van der Waals surface area (Å²) in [5, 5.41) is 3.51. The summed E-state index contributed by atoms with van der Waals surface area (Å²) < 4.78 is 0. The lowest BCUT2D eigenvalue weighted by Gasteiger charge is -2.39. The maximum atomic E-state index is 12.6. The third-order valence-corrected chi connectivity index (χ3v) is 5.85. The van der Waals surface area contributed by atoms with Gasteiger partial charge in [-0.05, 0) is 39.3 Å². The van der Waals surface area contributed by atoms with Crippen LogP contribution in [0.15, 0.2) is 4.99 Å². The topological polar surface area (TPSA) is 54.4 Å². The van der Waals surface area contributed by atoms with Crippen LogP contribution in [0.25, 0.3) is 0 Å². The van der Waals surface area contributed by atoms with Gasteiger partial charge in [0.2, 0.25) is 5.91 Å². The third-order valence-electron chi connectivity index (χ3n) is 5.85. The maximum Gasteiger partial charge on any atom is 0.239 e. The molecule has 7 nitrogen and oxygen atoms in total. The molecule has 2 rings (SSSR count). The molecule has 0 saturated carbocycles. The molecule has 1 amide bonds. The summed E-state index contributed by atoms with van der Waals surface area (Å²) >= 11 is 0. The van der Waals surface area contributed by atoms with Crippen LogP contribution in [0.2, 0.25) is 0 Å². The summed E-state index contributed by atoms with van der Waals surface area (Å²) in [6, 6.07) is -0.00705. The predicted octanol–water partition coefficient (Wildman–Crippen LogP) is 0.922. The van der Waals surface area contributed by atoms with Gasteiger partial charge in [-0.1, -0.05) is 13.8 Å². The minimum Gasteiger partial charge on any atom is -0.355 e. The molecule has 1 unspecified atom stereocenters. The Bertz CT molecular complexity index is 469. The van der Waals surface area contributed by atoms with E-state index in [1.807, 2.05) is 11.9 Å². The second-order valence-electron chi connectivity index (χ2n) is 7.64. The minimum atomic E-state index is -0.00705. The number of hydrogen-bond acceptors (Lipinski definition) is 4. The number of rotatable bonds is 8. The van der Waals surface area contributed by atoms with Gasteiger partial charge in [0.1, 0.15) is 0 Å². The lowest BCUT2D eigenvalue weighted by Crippen LogP contribution is -2.57. The molecule has 2 fully saturated rings. The van der Waals surface area contributed by atoms with Crippen LogP contribution in [0.4, 0.5) is 0 Å². The van der Waals surface area contributed by atoms with Crippen molar-refractivity contribution in [3.63, 3.8) is 0 Å². The Balaban J connectivity index is 1.75. The molecule has 1 atom stereocenters. The summed E-state index contributed by atoms with van der Waals surface area (Å²) in [6.45, 7) is 16.3. The maximum absolute atomic E-state index is 12.6. The molecular weight excluding hydrogens is 340 g/mol. The zero-order valence-electron chi connectivity index (χ0n) is 17.9. The van der Waals surface area contributed by atoms with Crippen molar-refractivity contribution in [2.45, 2.75) is 46.1 Å².